The van der Waals surface area contributed by atoms with Crippen LogP contribution in [0.25, 0.3) is 22.0 Å². The molecule has 2 aromatic carbocycles. The van der Waals surface area contributed by atoms with Crippen molar-refractivity contribution >= 4 is 10.9 Å². The van der Waals surface area contributed by atoms with Crippen molar-refractivity contribution in [3.63, 3.8) is 0 Å². The van der Waals surface area contributed by atoms with Crippen molar-refractivity contribution < 1.29 is 9.84 Å². The SMILES string of the molecule is COc1ccc(O)c(-c2ccc3ncccc3c2)c1. The lowest BCUT2D eigenvalue weighted by molar-refractivity contribution is 0.412. The van der Waals surface area contributed by atoms with Crippen LogP contribution in [0.3, 0.4) is 0 Å². The van der Waals surface area contributed by atoms with Crippen molar-refractivity contribution in [1.82, 2.24) is 4.98 Å². The van der Waals surface area contributed by atoms with Crippen molar-refractivity contribution in [1.29, 1.82) is 0 Å². The molecule has 3 heteroatoms. The third-order valence-electron chi connectivity index (χ3n) is 3.12. The van der Waals surface area contributed by atoms with Crippen LogP contribution in [0.1, 0.15) is 0 Å². The van der Waals surface area contributed by atoms with Crippen LogP contribution in [0.4, 0.5) is 0 Å². The number of phenols is 1. The summed E-state index contributed by atoms with van der Waals surface area (Å²) in [5, 5.41) is 11.0. The predicted molar refractivity (Wildman–Crippen MR) is 75.4 cm³/mol. The number of nitrogens with zero attached hydrogens (tertiary/aromatic N) is 1. The minimum atomic E-state index is 0.240. The van der Waals surface area contributed by atoms with Crippen LogP contribution in [0, 0.1) is 0 Å². The number of hydrogen-bond acceptors (Lipinski definition) is 3. The second kappa shape index (κ2) is 4.61. The number of ether oxygens (including phenoxy) is 1. The largest absolute Gasteiger partial charge is 0.507 e. The first-order chi connectivity index (χ1) is 9.28. The Balaban J connectivity index is 2.18. The van der Waals surface area contributed by atoms with Gasteiger partial charge in [-0.2, -0.15) is 0 Å². The third-order valence-corrected chi connectivity index (χ3v) is 3.12. The third kappa shape index (κ3) is 2.10. The van der Waals surface area contributed by atoms with Gasteiger partial charge in [-0.05, 0) is 42.0 Å². The lowest BCUT2D eigenvalue weighted by Crippen LogP contribution is -1.86. The van der Waals surface area contributed by atoms with E-state index in [0.29, 0.717) is 0 Å². The number of fused-ring (bicyclic) bond motifs is 1. The maximum atomic E-state index is 9.98. The van der Waals surface area contributed by atoms with Crippen LogP contribution in [0.15, 0.2) is 54.7 Å². The van der Waals surface area contributed by atoms with Gasteiger partial charge in [-0.25, -0.2) is 0 Å². The Morgan fingerprint density at radius 1 is 1.05 bits per heavy atom. The molecule has 0 fully saturated rings. The minimum absolute atomic E-state index is 0.240. The van der Waals surface area contributed by atoms with Crippen LogP contribution in [0.5, 0.6) is 11.5 Å². The molecular weight excluding hydrogens is 238 g/mol. The molecule has 3 aromatic rings. The number of benzene rings is 2. The van der Waals surface area contributed by atoms with Gasteiger partial charge in [0.25, 0.3) is 0 Å². The van der Waals surface area contributed by atoms with Gasteiger partial charge in [0.2, 0.25) is 0 Å². The van der Waals surface area contributed by atoms with Gasteiger partial charge in [0, 0.05) is 17.1 Å². The molecule has 1 aromatic heterocycles. The van der Waals surface area contributed by atoms with E-state index in [1.54, 1.807) is 25.4 Å². The summed E-state index contributed by atoms with van der Waals surface area (Å²) in [6.45, 7) is 0. The van der Waals surface area contributed by atoms with E-state index in [-0.39, 0.29) is 5.75 Å². The van der Waals surface area contributed by atoms with E-state index in [2.05, 4.69) is 4.98 Å². The van der Waals surface area contributed by atoms with Crippen molar-refractivity contribution in [3.05, 3.63) is 54.7 Å². The number of hydrogen-bond donors (Lipinski definition) is 1. The Morgan fingerprint density at radius 2 is 1.95 bits per heavy atom. The van der Waals surface area contributed by atoms with E-state index in [1.807, 2.05) is 36.4 Å². The fraction of sp³-hybridized carbons (Fsp3) is 0.0625. The molecule has 1 heterocycles. The zero-order valence-corrected chi connectivity index (χ0v) is 10.5. The molecule has 94 valence electrons. The summed E-state index contributed by atoms with van der Waals surface area (Å²) in [6, 6.07) is 15.0. The first kappa shape index (κ1) is 11.5. The van der Waals surface area contributed by atoms with Crippen LogP contribution in [-0.2, 0) is 0 Å². The number of rotatable bonds is 2. The monoisotopic (exact) mass is 251 g/mol. The number of methoxy groups -OCH3 is 1. The predicted octanol–water partition coefficient (Wildman–Crippen LogP) is 3.62. The molecule has 0 aliphatic heterocycles. The number of pyridine rings is 1. The normalized spacial score (nSPS) is 10.6. The summed E-state index contributed by atoms with van der Waals surface area (Å²) in [7, 11) is 1.61. The van der Waals surface area contributed by atoms with Gasteiger partial charge in [0.1, 0.15) is 11.5 Å². The first-order valence-electron chi connectivity index (χ1n) is 6.00. The Morgan fingerprint density at radius 3 is 2.79 bits per heavy atom. The van der Waals surface area contributed by atoms with Crippen LogP contribution in [-0.4, -0.2) is 17.2 Å². The Bertz CT molecular complexity index is 738. The highest BCUT2D eigenvalue weighted by molar-refractivity contribution is 5.85. The molecule has 0 bridgehead atoms. The fourth-order valence-electron chi connectivity index (χ4n) is 2.12. The summed E-state index contributed by atoms with van der Waals surface area (Å²) in [4.78, 5) is 4.28. The molecule has 0 atom stereocenters. The van der Waals surface area contributed by atoms with Crippen molar-refractivity contribution in [2.75, 3.05) is 7.11 Å². The van der Waals surface area contributed by atoms with Gasteiger partial charge in [0.05, 0.1) is 12.6 Å². The molecule has 0 saturated carbocycles. The molecule has 1 N–H and O–H groups in total. The Labute approximate surface area is 111 Å². The molecule has 3 nitrogen and oxygen atoms in total. The smallest absolute Gasteiger partial charge is 0.123 e. The molecule has 0 amide bonds. The van der Waals surface area contributed by atoms with Crippen LogP contribution >= 0.6 is 0 Å². The molecule has 0 spiro atoms. The Hall–Kier alpha value is -2.55. The molecule has 0 unspecified atom stereocenters. The number of aromatic nitrogens is 1. The fourth-order valence-corrected chi connectivity index (χ4v) is 2.12. The lowest BCUT2D eigenvalue weighted by Gasteiger charge is -2.08. The molecule has 0 aliphatic carbocycles. The minimum Gasteiger partial charge on any atom is -0.507 e. The van der Waals surface area contributed by atoms with E-state index >= 15 is 0 Å². The molecule has 19 heavy (non-hydrogen) atoms. The summed E-state index contributed by atoms with van der Waals surface area (Å²) >= 11 is 0. The summed E-state index contributed by atoms with van der Waals surface area (Å²) in [6.07, 6.45) is 1.77. The van der Waals surface area contributed by atoms with E-state index in [1.165, 1.54) is 0 Å². The topological polar surface area (TPSA) is 42.4 Å². The Kier molecular flexibility index (Phi) is 2.80. The van der Waals surface area contributed by atoms with Crippen molar-refractivity contribution in [3.8, 4) is 22.6 Å². The maximum Gasteiger partial charge on any atom is 0.123 e. The highest BCUT2D eigenvalue weighted by atomic mass is 16.5. The lowest BCUT2D eigenvalue weighted by atomic mass is 10.0. The van der Waals surface area contributed by atoms with E-state index < -0.39 is 0 Å². The summed E-state index contributed by atoms with van der Waals surface area (Å²) in [5.41, 5.74) is 2.63. The van der Waals surface area contributed by atoms with Crippen LogP contribution in [0.2, 0.25) is 0 Å². The highest BCUT2D eigenvalue weighted by Gasteiger charge is 2.07. The first-order valence-corrected chi connectivity index (χ1v) is 6.00. The molecule has 0 aliphatic rings. The van der Waals surface area contributed by atoms with Gasteiger partial charge >= 0.3 is 0 Å². The maximum absolute atomic E-state index is 9.98. The van der Waals surface area contributed by atoms with E-state index in [4.69, 9.17) is 4.74 Å². The van der Waals surface area contributed by atoms with Gasteiger partial charge in [-0.3, -0.25) is 4.98 Å². The molecule has 0 saturated heterocycles. The van der Waals surface area contributed by atoms with Gasteiger partial charge < -0.3 is 9.84 Å². The van der Waals surface area contributed by atoms with Gasteiger partial charge in [0.15, 0.2) is 0 Å². The standard InChI is InChI=1S/C16H13NO2/c1-19-13-5-7-16(18)14(10-13)11-4-6-15-12(9-11)3-2-8-17-15/h2-10,18H,1H3. The quantitative estimate of drug-likeness (QED) is 0.756. The molecular formula is C16H13NO2. The molecule has 3 rings (SSSR count). The second-order valence-electron chi connectivity index (χ2n) is 4.29. The number of phenolic OH excluding ortho intramolecular Hbond substituents is 1. The van der Waals surface area contributed by atoms with Crippen molar-refractivity contribution in [2.24, 2.45) is 0 Å². The van der Waals surface area contributed by atoms with Gasteiger partial charge in [-0.15, -0.1) is 0 Å². The zero-order chi connectivity index (χ0) is 13.2. The summed E-state index contributed by atoms with van der Waals surface area (Å²) in [5.74, 6) is 0.961. The van der Waals surface area contributed by atoms with Crippen molar-refractivity contribution in [2.45, 2.75) is 0 Å². The van der Waals surface area contributed by atoms with E-state index in [9.17, 15) is 5.11 Å². The average molecular weight is 251 g/mol. The zero-order valence-electron chi connectivity index (χ0n) is 10.5. The van der Waals surface area contributed by atoms with E-state index in [0.717, 1.165) is 27.8 Å². The highest BCUT2D eigenvalue weighted by Crippen LogP contribution is 2.33. The average Bonchev–Trinajstić information content (AvgIpc) is 2.47. The van der Waals surface area contributed by atoms with Crippen LogP contribution < -0.4 is 4.74 Å². The molecule has 0 radical (unpaired) electrons. The summed E-state index contributed by atoms with van der Waals surface area (Å²) < 4.78 is 5.20. The number of aromatic hydroxyl groups is 1. The van der Waals surface area contributed by atoms with Gasteiger partial charge in [-0.1, -0.05) is 12.1 Å². The second-order valence-corrected chi connectivity index (χ2v) is 4.29.